The molecule has 0 saturated carbocycles. The molecule has 20 heavy (non-hydrogen) atoms. The first-order valence-electron chi connectivity index (χ1n) is 3.90. The minimum Gasteiger partial charge on any atom is -0.192 e. The van der Waals surface area contributed by atoms with Crippen LogP contribution in [0.4, 0.5) is 57.1 Å². The highest BCUT2D eigenvalue weighted by Gasteiger charge is 2.90. The Bertz CT molecular complexity index is 324. The van der Waals surface area contributed by atoms with E-state index in [-0.39, 0.29) is 0 Å². The van der Waals surface area contributed by atoms with Crippen LogP contribution >= 0.6 is 15.9 Å². The third kappa shape index (κ3) is 2.43. The Morgan fingerprint density at radius 3 is 0.850 bits per heavy atom. The van der Waals surface area contributed by atoms with E-state index in [9.17, 15) is 57.1 Å². The minimum atomic E-state index is -7.83. The Morgan fingerprint density at radius 2 is 0.650 bits per heavy atom. The lowest BCUT2D eigenvalue weighted by atomic mass is 9.98. The van der Waals surface area contributed by atoms with E-state index < -0.39 is 34.7 Å². The molecule has 0 bridgehead atoms. The summed E-state index contributed by atoms with van der Waals surface area (Å²) in [5.41, 5.74) is 0. The van der Waals surface area contributed by atoms with E-state index in [0.717, 1.165) is 0 Å². The van der Waals surface area contributed by atoms with Gasteiger partial charge in [-0.05, 0) is 15.9 Å². The third-order valence-electron chi connectivity index (χ3n) is 1.90. The van der Waals surface area contributed by atoms with Crippen molar-refractivity contribution in [1.82, 2.24) is 0 Å². The lowest BCUT2D eigenvalue weighted by molar-refractivity contribution is -0.432. The first-order chi connectivity index (χ1) is 8.25. The molecule has 0 unspecified atom stereocenters. The van der Waals surface area contributed by atoms with Crippen molar-refractivity contribution in [3.8, 4) is 0 Å². The summed E-state index contributed by atoms with van der Waals surface area (Å²) in [7, 11) is 0. The average molecular weight is 399 g/mol. The fraction of sp³-hybridized carbons (Fsp3) is 1.00. The fourth-order valence-corrected chi connectivity index (χ4v) is 0.999. The summed E-state index contributed by atoms with van der Waals surface area (Å²) in [6.45, 7) is 0. The number of hydrogen-bond acceptors (Lipinski definition) is 0. The van der Waals surface area contributed by atoms with Crippen LogP contribution in [0.15, 0.2) is 0 Å². The summed E-state index contributed by atoms with van der Waals surface area (Å²) in [6.07, 6.45) is -7.38. The van der Waals surface area contributed by atoms with Gasteiger partial charge in [0.25, 0.3) is 0 Å². The van der Waals surface area contributed by atoms with Crippen LogP contribution < -0.4 is 0 Å². The van der Waals surface area contributed by atoms with Gasteiger partial charge in [0.05, 0.1) is 0 Å². The highest BCUT2D eigenvalue weighted by molar-refractivity contribution is 9.10. The second kappa shape index (κ2) is 4.53. The van der Waals surface area contributed by atoms with Gasteiger partial charge in [-0.25, -0.2) is 0 Å². The molecule has 0 amide bonds. The molecule has 0 N–H and O–H groups in total. The van der Waals surface area contributed by atoms with Crippen LogP contribution in [0.1, 0.15) is 0 Å². The first kappa shape index (κ1) is 19.6. The minimum absolute atomic E-state index is 0.523. The van der Waals surface area contributed by atoms with Crippen LogP contribution in [-0.2, 0) is 0 Å². The maximum atomic E-state index is 12.5. The molecule has 0 rings (SSSR count). The lowest BCUT2D eigenvalue weighted by Gasteiger charge is -2.38. The van der Waals surface area contributed by atoms with E-state index in [1.807, 2.05) is 0 Å². The molecule has 0 atom stereocenters. The monoisotopic (exact) mass is 398 g/mol. The Kier molecular flexibility index (Phi) is 4.43. The molecule has 0 aromatic heterocycles. The van der Waals surface area contributed by atoms with Crippen LogP contribution in [0.2, 0.25) is 0 Å². The van der Waals surface area contributed by atoms with E-state index in [2.05, 4.69) is 0 Å². The molecular weight excluding hydrogens is 399 g/mol. The second-order valence-electron chi connectivity index (χ2n) is 3.29. The van der Waals surface area contributed by atoms with E-state index in [0.29, 0.717) is 15.9 Å². The van der Waals surface area contributed by atoms with Crippen LogP contribution in [-0.4, -0.2) is 34.7 Å². The van der Waals surface area contributed by atoms with Gasteiger partial charge < -0.3 is 0 Å². The van der Waals surface area contributed by atoms with Gasteiger partial charge in [0.2, 0.25) is 0 Å². The van der Waals surface area contributed by atoms with Crippen molar-refractivity contribution in [2.45, 2.75) is 34.7 Å². The molecule has 0 aromatic carbocycles. The largest absolute Gasteiger partial charge is 0.460 e. The Morgan fingerprint density at radius 1 is 0.400 bits per heavy atom. The standard InChI is InChI=1S/C6BrF13/c7-5(16,17)3(12,13)1(8,9)2(10,11)4(14,15)6(18,19)20. The summed E-state index contributed by atoms with van der Waals surface area (Å²) in [5, 5.41) is 0. The molecule has 0 radical (unpaired) electrons. The van der Waals surface area contributed by atoms with E-state index in [1.165, 1.54) is 0 Å². The number of halogens is 14. The number of rotatable bonds is 4. The van der Waals surface area contributed by atoms with Gasteiger partial charge in [-0.1, -0.05) is 0 Å². The van der Waals surface area contributed by atoms with Crippen molar-refractivity contribution in [2.24, 2.45) is 0 Å². The maximum Gasteiger partial charge on any atom is 0.460 e. The molecule has 0 aliphatic carbocycles. The molecular formula is C6BrF13. The van der Waals surface area contributed by atoms with Crippen molar-refractivity contribution in [3.05, 3.63) is 0 Å². The highest BCUT2D eigenvalue weighted by atomic mass is 79.9. The zero-order valence-electron chi connectivity index (χ0n) is 8.29. The molecule has 0 aromatic rings. The van der Waals surface area contributed by atoms with Gasteiger partial charge in [0, 0.05) is 0 Å². The van der Waals surface area contributed by atoms with Crippen LogP contribution in [0, 0.1) is 0 Å². The smallest absolute Gasteiger partial charge is 0.192 e. The molecule has 122 valence electrons. The summed E-state index contributed by atoms with van der Waals surface area (Å²) >= 11 is 0.523. The van der Waals surface area contributed by atoms with Crippen LogP contribution in [0.25, 0.3) is 0 Å². The topological polar surface area (TPSA) is 0 Å². The summed E-state index contributed by atoms with van der Waals surface area (Å²) < 4.78 is 158. The Labute approximate surface area is 109 Å². The van der Waals surface area contributed by atoms with Gasteiger partial charge in [-0.2, -0.15) is 57.1 Å². The fourth-order valence-electron chi connectivity index (χ4n) is 0.750. The third-order valence-corrected chi connectivity index (χ3v) is 2.39. The zero-order valence-corrected chi connectivity index (χ0v) is 9.88. The Balaban J connectivity index is 6.08. The lowest BCUT2D eigenvalue weighted by Crippen LogP contribution is -2.69. The van der Waals surface area contributed by atoms with Gasteiger partial charge in [0.1, 0.15) is 0 Å². The molecule has 0 aliphatic rings. The van der Waals surface area contributed by atoms with Crippen molar-refractivity contribution in [2.75, 3.05) is 0 Å². The predicted molar refractivity (Wildman–Crippen MR) is 39.7 cm³/mol. The second-order valence-corrected chi connectivity index (χ2v) is 4.29. The van der Waals surface area contributed by atoms with E-state index in [1.54, 1.807) is 0 Å². The van der Waals surface area contributed by atoms with Gasteiger partial charge in [0.15, 0.2) is 0 Å². The number of hydrogen-bond donors (Lipinski definition) is 0. The molecule has 0 saturated heterocycles. The molecule has 0 spiro atoms. The van der Waals surface area contributed by atoms with E-state index >= 15 is 0 Å². The quantitative estimate of drug-likeness (QED) is 0.457. The van der Waals surface area contributed by atoms with Crippen molar-refractivity contribution >= 4 is 15.9 Å². The zero-order chi connectivity index (χ0) is 17.0. The molecule has 0 aliphatic heterocycles. The number of alkyl halides is 14. The normalized spacial score (nSPS) is 16.5. The van der Waals surface area contributed by atoms with E-state index in [4.69, 9.17) is 0 Å². The van der Waals surface area contributed by atoms with Gasteiger partial charge >= 0.3 is 34.7 Å². The first-order valence-corrected chi connectivity index (χ1v) is 4.69. The average Bonchev–Trinajstić information content (AvgIpc) is 2.12. The van der Waals surface area contributed by atoms with Crippen molar-refractivity contribution in [3.63, 3.8) is 0 Å². The van der Waals surface area contributed by atoms with Crippen molar-refractivity contribution < 1.29 is 57.1 Å². The predicted octanol–water partition coefficient (Wildman–Crippen LogP) is 5.08. The van der Waals surface area contributed by atoms with Crippen molar-refractivity contribution in [1.29, 1.82) is 0 Å². The molecule has 0 heterocycles. The summed E-state index contributed by atoms with van der Waals surface area (Å²) in [4.78, 5) is -6.17. The van der Waals surface area contributed by atoms with Gasteiger partial charge in [-0.3, -0.25) is 0 Å². The molecule has 0 fully saturated rings. The van der Waals surface area contributed by atoms with Crippen LogP contribution in [0.5, 0.6) is 0 Å². The van der Waals surface area contributed by atoms with Gasteiger partial charge in [-0.15, -0.1) is 0 Å². The summed E-state index contributed by atoms with van der Waals surface area (Å²) in [6, 6.07) is 0. The summed E-state index contributed by atoms with van der Waals surface area (Å²) in [5.74, 6) is -30.5. The van der Waals surface area contributed by atoms with Crippen LogP contribution in [0.3, 0.4) is 0 Å². The molecule has 0 nitrogen and oxygen atoms in total. The highest BCUT2D eigenvalue weighted by Crippen LogP contribution is 2.61. The molecule has 14 heteroatoms. The maximum absolute atomic E-state index is 12.5. The SMILES string of the molecule is FC(F)(F)C(F)(F)C(F)(F)C(F)(F)C(F)(F)C(F)(F)Br. The Hall–Kier alpha value is -0.430.